The molecule has 3 aromatic carbocycles. The number of carbonyl (C=O) groups is 2. The number of aliphatic carboxylic acids is 1. The molecule has 1 aliphatic rings. The number of nitrogens with one attached hydrogen (secondary N) is 1. The molecule has 0 spiro atoms. The van der Waals surface area contributed by atoms with Crippen molar-refractivity contribution in [1.82, 2.24) is 4.98 Å². The predicted molar refractivity (Wildman–Crippen MR) is 164 cm³/mol. The van der Waals surface area contributed by atoms with Crippen LogP contribution < -0.4 is 5.32 Å². The van der Waals surface area contributed by atoms with E-state index in [9.17, 15) is 14.7 Å². The normalized spacial score (nSPS) is 14.4. The molecule has 0 aliphatic heterocycles. The molecule has 1 fully saturated rings. The van der Waals surface area contributed by atoms with E-state index in [1.165, 1.54) is 11.3 Å². The van der Waals surface area contributed by atoms with E-state index >= 15 is 0 Å². The van der Waals surface area contributed by atoms with E-state index in [1.54, 1.807) is 25.3 Å². The molecule has 6 nitrogen and oxygen atoms in total. The Morgan fingerprint density at radius 1 is 0.976 bits per heavy atom. The SMILES string of the molecule is C[C@@H](OC(=O)Nc1c(-c2ccc(-c3ccc(C4(C(=O)O)CC4)cc3)cc2)sc2ncc(Cl)cc12)c1ccccc1Cl. The Kier molecular flexibility index (Phi) is 7.20. The maximum atomic E-state index is 13.0. The summed E-state index contributed by atoms with van der Waals surface area (Å²) in [6, 6.07) is 24.7. The number of ether oxygens (including phenoxy) is 1. The summed E-state index contributed by atoms with van der Waals surface area (Å²) in [6.45, 7) is 1.77. The number of carboxylic acid groups (broad SMARTS) is 1. The molecule has 6 rings (SSSR count). The quantitative estimate of drug-likeness (QED) is 0.194. The number of carboxylic acids is 1. The molecule has 1 atom stereocenters. The van der Waals surface area contributed by atoms with Gasteiger partial charge >= 0.3 is 12.1 Å². The first-order valence-corrected chi connectivity index (χ1v) is 14.6. The number of nitrogens with zero attached hydrogens (tertiary/aromatic N) is 1. The van der Waals surface area contributed by atoms with E-state index in [0.29, 0.717) is 39.5 Å². The van der Waals surface area contributed by atoms with Gasteiger partial charge in [0.1, 0.15) is 10.9 Å². The molecule has 5 aromatic rings. The van der Waals surface area contributed by atoms with Crippen LogP contribution in [-0.4, -0.2) is 22.2 Å². The molecule has 2 N–H and O–H groups in total. The molecule has 41 heavy (non-hydrogen) atoms. The molecule has 1 amide bonds. The van der Waals surface area contributed by atoms with Crippen molar-refractivity contribution in [3.05, 3.63) is 106 Å². The van der Waals surface area contributed by atoms with E-state index < -0.39 is 23.6 Å². The van der Waals surface area contributed by atoms with Crippen molar-refractivity contribution < 1.29 is 19.4 Å². The Labute approximate surface area is 250 Å². The van der Waals surface area contributed by atoms with Crippen LogP contribution in [0.5, 0.6) is 0 Å². The highest BCUT2D eigenvalue weighted by Gasteiger charge is 2.51. The second-order valence-electron chi connectivity index (χ2n) is 10.0. The van der Waals surface area contributed by atoms with Gasteiger partial charge in [-0.25, -0.2) is 9.78 Å². The van der Waals surface area contributed by atoms with Crippen molar-refractivity contribution in [3.63, 3.8) is 0 Å². The van der Waals surface area contributed by atoms with E-state index in [4.69, 9.17) is 27.9 Å². The fourth-order valence-corrected chi connectivity index (χ4v) is 6.53. The zero-order valence-electron chi connectivity index (χ0n) is 21.9. The molecule has 206 valence electrons. The van der Waals surface area contributed by atoms with Crippen LogP contribution in [0.25, 0.3) is 31.8 Å². The van der Waals surface area contributed by atoms with Crippen molar-refractivity contribution in [2.75, 3.05) is 5.32 Å². The van der Waals surface area contributed by atoms with Crippen molar-refractivity contribution >= 4 is 62.5 Å². The second-order valence-corrected chi connectivity index (χ2v) is 11.9. The van der Waals surface area contributed by atoms with Gasteiger partial charge in [0.2, 0.25) is 0 Å². The standard InChI is InChI=1S/C32H24Cl2N2O4S/c1-18(24-4-2-3-5-26(24)34)40-31(39)36-27-25-16-23(33)17-35-29(25)41-28(27)21-8-6-19(7-9-21)20-10-12-22(13-11-20)32(14-15-32)30(37)38/h2-13,16-18H,14-15H2,1H3,(H,36,39)(H,37,38)/t18-/m1/s1. The number of hydrogen-bond acceptors (Lipinski definition) is 5. The molecule has 0 radical (unpaired) electrons. The topological polar surface area (TPSA) is 88.5 Å². The monoisotopic (exact) mass is 602 g/mol. The maximum absolute atomic E-state index is 13.0. The maximum Gasteiger partial charge on any atom is 0.412 e. The van der Waals surface area contributed by atoms with E-state index in [1.807, 2.05) is 66.7 Å². The lowest BCUT2D eigenvalue weighted by atomic mass is 9.93. The summed E-state index contributed by atoms with van der Waals surface area (Å²) in [7, 11) is 0. The molecule has 0 bridgehead atoms. The fraction of sp³-hybridized carbons (Fsp3) is 0.156. The van der Waals surface area contributed by atoms with Gasteiger partial charge in [0.25, 0.3) is 0 Å². The number of thiophene rings is 1. The summed E-state index contributed by atoms with van der Waals surface area (Å²) in [5.74, 6) is -0.764. The predicted octanol–water partition coefficient (Wildman–Crippen LogP) is 9.36. The lowest BCUT2D eigenvalue weighted by Gasteiger charge is -2.16. The number of rotatable bonds is 7. The molecule has 0 unspecified atom stereocenters. The number of carbonyl (C=O) groups excluding carboxylic acids is 1. The average Bonchev–Trinajstić information content (AvgIpc) is 3.72. The Balaban J connectivity index is 1.28. The number of hydrogen-bond donors (Lipinski definition) is 2. The number of anilines is 1. The lowest BCUT2D eigenvalue weighted by Crippen LogP contribution is -2.19. The zero-order valence-corrected chi connectivity index (χ0v) is 24.2. The number of benzene rings is 3. The Hall–Kier alpha value is -3.91. The highest BCUT2D eigenvalue weighted by atomic mass is 35.5. The van der Waals surface area contributed by atoms with E-state index in [0.717, 1.165) is 32.0 Å². The minimum absolute atomic E-state index is 0.456. The number of pyridine rings is 1. The molecular formula is C32H24Cl2N2O4S. The molecular weight excluding hydrogens is 579 g/mol. The number of aromatic nitrogens is 1. The number of amides is 1. The molecule has 9 heteroatoms. The third-order valence-electron chi connectivity index (χ3n) is 7.44. The van der Waals surface area contributed by atoms with Crippen LogP contribution in [0, 0.1) is 0 Å². The summed E-state index contributed by atoms with van der Waals surface area (Å²) in [5, 5.41) is 14.2. The van der Waals surface area contributed by atoms with Crippen molar-refractivity contribution in [3.8, 4) is 21.6 Å². The summed E-state index contributed by atoms with van der Waals surface area (Å²) >= 11 is 14.0. The Morgan fingerprint density at radius 2 is 1.61 bits per heavy atom. The molecule has 1 saturated carbocycles. The van der Waals surface area contributed by atoms with Gasteiger partial charge < -0.3 is 9.84 Å². The first kappa shape index (κ1) is 27.3. The van der Waals surface area contributed by atoms with Crippen molar-refractivity contribution in [1.29, 1.82) is 0 Å². The second kappa shape index (κ2) is 10.8. The van der Waals surface area contributed by atoms with Crippen LogP contribution in [0.2, 0.25) is 10.0 Å². The van der Waals surface area contributed by atoms with Crippen LogP contribution in [0.4, 0.5) is 10.5 Å². The highest BCUT2D eigenvalue weighted by molar-refractivity contribution is 7.22. The van der Waals surface area contributed by atoms with Crippen LogP contribution >= 0.6 is 34.5 Å². The lowest BCUT2D eigenvalue weighted by molar-refractivity contribution is -0.140. The Bertz CT molecular complexity index is 1780. The smallest absolute Gasteiger partial charge is 0.412 e. The largest absolute Gasteiger partial charge is 0.481 e. The minimum atomic E-state index is -0.764. The third-order valence-corrected chi connectivity index (χ3v) is 9.16. The first-order valence-electron chi connectivity index (χ1n) is 13.0. The summed E-state index contributed by atoms with van der Waals surface area (Å²) < 4.78 is 5.67. The molecule has 0 saturated heterocycles. The van der Waals surface area contributed by atoms with E-state index in [-0.39, 0.29) is 0 Å². The summed E-state index contributed by atoms with van der Waals surface area (Å²) in [6.07, 6.45) is 1.75. The van der Waals surface area contributed by atoms with Crippen molar-refractivity contribution in [2.45, 2.75) is 31.3 Å². The van der Waals surface area contributed by atoms with Gasteiger partial charge in [0, 0.05) is 22.2 Å². The van der Waals surface area contributed by atoms with Crippen LogP contribution in [-0.2, 0) is 14.9 Å². The van der Waals surface area contributed by atoms with E-state index in [2.05, 4.69) is 10.3 Å². The van der Waals surface area contributed by atoms with Crippen molar-refractivity contribution in [2.24, 2.45) is 0 Å². The van der Waals surface area contributed by atoms with Gasteiger partial charge in [-0.3, -0.25) is 10.1 Å². The molecule has 1 aliphatic carbocycles. The minimum Gasteiger partial charge on any atom is -0.481 e. The molecule has 2 aromatic heterocycles. The van der Waals surface area contributed by atoms with Crippen LogP contribution in [0.3, 0.4) is 0 Å². The number of fused-ring (bicyclic) bond motifs is 1. The summed E-state index contributed by atoms with van der Waals surface area (Å²) in [5.41, 5.74) is 4.26. The third kappa shape index (κ3) is 5.28. The van der Waals surface area contributed by atoms with Crippen LogP contribution in [0.15, 0.2) is 85.1 Å². The van der Waals surface area contributed by atoms with Gasteiger partial charge in [-0.15, -0.1) is 11.3 Å². The number of halogens is 2. The van der Waals surface area contributed by atoms with Gasteiger partial charge in [-0.2, -0.15) is 0 Å². The summed E-state index contributed by atoms with van der Waals surface area (Å²) in [4.78, 5) is 30.7. The highest BCUT2D eigenvalue weighted by Crippen LogP contribution is 2.49. The van der Waals surface area contributed by atoms with Gasteiger partial charge in [0.05, 0.1) is 21.0 Å². The average molecular weight is 604 g/mol. The first-order chi connectivity index (χ1) is 19.7. The van der Waals surface area contributed by atoms with Gasteiger partial charge in [0.15, 0.2) is 0 Å². The van der Waals surface area contributed by atoms with Gasteiger partial charge in [-0.1, -0.05) is 89.9 Å². The molecule has 2 heterocycles. The zero-order chi connectivity index (χ0) is 28.7. The Morgan fingerprint density at radius 3 is 2.24 bits per heavy atom. The van der Waals surface area contributed by atoms with Gasteiger partial charge in [-0.05, 0) is 54.2 Å². The fourth-order valence-electron chi connectivity index (χ4n) is 4.99. The van der Waals surface area contributed by atoms with Crippen LogP contribution in [0.1, 0.15) is 37.0 Å².